The number of morpholine rings is 1. The van der Waals surface area contributed by atoms with Gasteiger partial charge in [-0.15, -0.1) is 0 Å². The highest BCUT2D eigenvalue weighted by molar-refractivity contribution is 7.89. The fraction of sp³-hybridized carbons (Fsp3) is 0.412. The van der Waals surface area contributed by atoms with Gasteiger partial charge in [0.15, 0.2) is 0 Å². The number of aryl methyl sites for hydroxylation is 1. The third-order valence-corrected chi connectivity index (χ3v) is 6.20. The lowest BCUT2D eigenvalue weighted by atomic mass is 10.2. The van der Waals surface area contributed by atoms with Crippen LogP contribution in [0.5, 0.6) is 0 Å². The minimum absolute atomic E-state index is 0.107. The second-order valence-corrected chi connectivity index (χ2v) is 8.28. The predicted octanol–water partition coefficient (Wildman–Crippen LogP) is 0.852. The summed E-state index contributed by atoms with van der Waals surface area (Å²) in [7, 11) is -0.533. The number of halogens is 1. The zero-order chi connectivity index (χ0) is 19.6. The SMILES string of the molecule is CN(Cc1cnn(C)c1)C(=O)c1cc(S(=O)(=O)N2CCOCC2)ccc1F. The van der Waals surface area contributed by atoms with E-state index in [1.807, 2.05) is 0 Å². The molecule has 10 heteroatoms. The van der Waals surface area contributed by atoms with Crippen LogP contribution in [-0.2, 0) is 28.4 Å². The van der Waals surface area contributed by atoms with E-state index >= 15 is 0 Å². The fourth-order valence-corrected chi connectivity index (χ4v) is 4.30. The maximum Gasteiger partial charge on any atom is 0.256 e. The molecule has 1 amide bonds. The van der Waals surface area contributed by atoms with Gasteiger partial charge in [-0.1, -0.05) is 0 Å². The van der Waals surface area contributed by atoms with E-state index in [1.165, 1.54) is 22.3 Å². The number of carbonyl (C=O) groups is 1. The van der Waals surface area contributed by atoms with Crippen LogP contribution in [0.4, 0.5) is 4.39 Å². The molecule has 0 aliphatic carbocycles. The molecule has 0 spiro atoms. The Bertz CT molecular complexity index is 938. The molecule has 1 aliphatic heterocycles. The van der Waals surface area contributed by atoms with Gasteiger partial charge in [0.1, 0.15) is 5.82 Å². The van der Waals surface area contributed by atoms with Gasteiger partial charge < -0.3 is 9.64 Å². The first-order valence-electron chi connectivity index (χ1n) is 8.39. The molecule has 1 aromatic heterocycles. The molecule has 27 heavy (non-hydrogen) atoms. The van der Waals surface area contributed by atoms with Crippen LogP contribution in [0.2, 0.25) is 0 Å². The number of amides is 1. The average Bonchev–Trinajstić information content (AvgIpc) is 3.06. The molecule has 2 heterocycles. The molecule has 146 valence electrons. The number of carbonyl (C=O) groups excluding carboxylic acids is 1. The molecule has 1 saturated heterocycles. The van der Waals surface area contributed by atoms with E-state index in [9.17, 15) is 17.6 Å². The van der Waals surface area contributed by atoms with Crippen LogP contribution in [0.25, 0.3) is 0 Å². The topological polar surface area (TPSA) is 84.7 Å². The van der Waals surface area contributed by atoms with Crippen LogP contribution in [0.1, 0.15) is 15.9 Å². The van der Waals surface area contributed by atoms with Crippen LogP contribution in [-0.4, -0.2) is 66.7 Å². The highest BCUT2D eigenvalue weighted by Gasteiger charge is 2.28. The zero-order valence-corrected chi connectivity index (χ0v) is 15.9. The molecule has 1 fully saturated rings. The quantitative estimate of drug-likeness (QED) is 0.748. The second-order valence-electron chi connectivity index (χ2n) is 6.34. The Hall–Kier alpha value is -2.30. The molecular formula is C17H21FN4O4S. The van der Waals surface area contributed by atoms with Crippen molar-refractivity contribution >= 4 is 15.9 Å². The Morgan fingerprint density at radius 1 is 1.33 bits per heavy atom. The van der Waals surface area contributed by atoms with Gasteiger partial charge in [0.05, 0.1) is 29.9 Å². The number of hydrogen-bond acceptors (Lipinski definition) is 5. The lowest BCUT2D eigenvalue weighted by molar-refractivity contribution is 0.0730. The van der Waals surface area contributed by atoms with Gasteiger partial charge >= 0.3 is 0 Å². The normalized spacial score (nSPS) is 15.7. The van der Waals surface area contributed by atoms with Crippen LogP contribution >= 0.6 is 0 Å². The van der Waals surface area contributed by atoms with Gasteiger partial charge in [-0.2, -0.15) is 9.40 Å². The van der Waals surface area contributed by atoms with E-state index in [-0.39, 0.29) is 30.1 Å². The molecule has 3 rings (SSSR count). The van der Waals surface area contributed by atoms with Gasteiger partial charge in [0.25, 0.3) is 5.91 Å². The number of benzene rings is 1. The molecule has 0 bridgehead atoms. The molecule has 0 N–H and O–H groups in total. The fourth-order valence-electron chi connectivity index (χ4n) is 2.87. The maximum atomic E-state index is 14.3. The summed E-state index contributed by atoms with van der Waals surface area (Å²) in [6.07, 6.45) is 3.36. The summed E-state index contributed by atoms with van der Waals surface area (Å²) in [5.41, 5.74) is 0.501. The third kappa shape index (κ3) is 4.18. The van der Waals surface area contributed by atoms with E-state index in [0.717, 1.165) is 17.7 Å². The van der Waals surface area contributed by atoms with Crippen molar-refractivity contribution in [3.63, 3.8) is 0 Å². The third-order valence-electron chi connectivity index (χ3n) is 4.30. The summed E-state index contributed by atoms with van der Waals surface area (Å²) in [6, 6.07) is 3.29. The van der Waals surface area contributed by atoms with Gasteiger partial charge in [0, 0.05) is 45.5 Å². The molecule has 8 nitrogen and oxygen atoms in total. The Morgan fingerprint density at radius 3 is 2.67 bits per heavy atom. The van der Waals surface area contributed by atoms with E-state index in [2.05, 4.69) is 5.10 Å². The van der Waals surface area contributed by atoms with E-state index in [0.29, 0.717) is 13.2 Å². The van der Waals surface area contributed by atoms with E-state index in [1.54, 1.807) is 24.1 Å². The minimum atomic E-state index is -3.81. The van der Waals surface area contributed by atoms with Crippen molar-refractivity contribution in [2.75, 3.05) is 33.4 Å². The maximum absolute atomic E-state index is 14.3. The standard InChI is InChI=1S/C17H21FN4O4S/c1-20(11-13-10-19-21(2)12-13)17(23)15-9-14(3-4-16(15)18)27(24,25)22-5-7-26-8-6-22/h3-4,9-10,12H,5-8,11H2,1-2H3. The van der Waals surface area contributed by atoms with Crippen molar-refractivity contribution in [3.8, 4) is 0 Å². The largest absolute Gasteiger partial charge is 0.379 e. The summed E-state index contributed by atoms with van der Waals surface area (Å²) in [6.45, 7) is 1.29. The highest BCUT2D eigenvalue weighted by Crippen LogP contribution is 2.21. The van der Waals surface area contributed by atoms with Crippen LogP contribution in [0, 0.1) is 5.82 Å². The van der Waals surface area contributed by atoms with Crippen LogP contribution < -0.4 is 0 Å². The van der Waals surface area contributed by atoms with E-state index < -0.39 is 21.7 Å². The summed E-state index contributed by atoms with van der Waals surface area (Å²) >= 11 is 0. The van der Waals surface area contributed by atoms with Crippen molar-refractivity contribution in [3.05, 3.63) is 47.5 Å². The molecule has 1 aliphatic rings. The lowest BCUT2D eigenvalue weighted by Gasteiger charge is -2.26. The monoisotopic (exact) mass is 396 g/mol. The summed E-state index contributed by atoms with van der Waals surface area (Å²) in [5, 5.41) is 4.03. The Balaban J connectivity index is 1.85. The second kappa shape index (κ2) is 7.75. The highest BCUT2D eigenvalue weighted by atomic mass is 32.2. The number of hydrogen-bond donors (Lipinski definition) is 0. The first-order valence-corrected chi connectivity index (χ1v) is 9.83. The van der Waals surface area contributed by atoms with Gasteiger partial charge in [-0.3, -0.25) is 9.48 Å². The first-order chi connectivity index (χ1) is 12.8. The number of aromatic nitrogens is 2. The Kier molecular flexibility index (Phi) is 5.59. The van der Waals surface area contributed by atoms with Crippen molar-refractivity contribution in [1.82, 2.24) is 19.0 Å². The lowest BCUT2D eigenvalue weighted by Crippen LogP contribution is -2.40. The average molecular weight is 396 g/mol. The molecule has 0 unspecified atom stereocenters. The number of rotatable bonds is 5. The predicted molar refractivity (Wildman–Crippen MR) is 95.0 cm³/mol. The molecular weight excluding hydrogens is 375 g/mol. The molecule has 0 atom stereocenters. The number of sulfonamides is 1. The van der Waals surface area contributed by atoms with Crippen LogP contribution in [0.15, 0.2) is 35.5 Å². The molecule has 2 aromatic rings. The summed E-state index contributed by atoms with van der Waals surface area (Å²) in [4.78, 5) is 13.9. The van der Waals surface area contributed by atoms with Crippen molar-refractivity contribution < 1.29 is 22.3 Å². The van der Waals surface area contributed by atoms with Crippen molar-refractivity contribution in [2.45, 2.75) is 11.4 Å². The zero-order valence-electron chi connectivity index (χ0n) is 15.1. The van der Waals surface area contributed by atoms with Crippen LogP contribution in [0.3, 0.4) is 0 Å². The molecule has 0 radical (unpaired) electrons. The minimum Gasteiger partial charge on any atom is -0.379 e. The smallest absolute Gasteiger partial charge is 0.256 e. The molecule has 1 aromatic carbocycles. The van der Waals surface area contributed by atoms with Crippen molar-refractivity contribution in [2.24, 2.45) is 7.05 Å². The van der Waals surface area contributed by atoms with Crippen molar-refractivity contribution in [1.29, 1.82) is 0 Å². The molecule has 0 saturated carbocycles. The van der Waals surface area contributed by atoms with Gasteiger partial charge in [0.2, 0.25) is 10.0 Å². The first kappa shape index (κ1) is 19.5. The van der Waals surface area contributed by atoms with Gasteiger partial charge in [-0.25, -0.2) is 12.8 Å². The van der Waals surface area contributed by atoms with E-state index in [4.69, 9.17) is 4.74 Å². The summed E-state index contributed by atoms with van der Waals surface area (Å²) in [5.74, 6) is -1.37. The number of ether oxygens (including phenoxy) is 1. The number of nitrogens with zero attached hydrogens (tertiary/aromatic N) is 4. The Morgan fingerprint density at radius 2 is 2.04 bits per heavy atom. The Labute approximate surface area is 157 Å². The summed E-state index contributed by atoms with van der Waals surface area (Å²) < 4.78 is 47.8. The van der Waals surface area contributed by atoms with Gasteiger partial charge in [-0.05, 0) is 18.2 Å².